The minimum absolute atomic E-state index is 0.985. The third kappa shape index (κ3) is 3.11. The fraction of sp³-hybridized carbons (Fsp3) is 0.182. The number of aryl methyl sites for hydroxylation is 1. The van der Waals surface area contributed by atoms with Crippen molar-refractivity contribution in [2.75, 3.05) is 0 Å². The van der Waals surface area contributed by atoms with Crippen molar-refractivity contribution in [3.8, 4) is 0 Å². The molecule has 0 bridgehead atoms. The van der Waals surface area contributed by atoms with Crippen LogP contribution in [0.15, 0.2) is 46.0 Å². The zero-order valence-corrected chi connectivity index (χ0v) is 10.8. The van der Waals surface area contributed by atoms with Crippen LogP contribution in [-0.2, 0) is 12.8 Å². The summed E-state index contributed by atoms with van der Waals surface area (Å²) >= 11 is 5.23. The first-order valence-corrected chi connectivity index (χ1v) is 6.38. The largest absolute Gasteiger partial charge is 0.275 e. The highest BCUT2D eigenvalue weighted by molar-refractivity contribution is 9.10. The number of halogens is 1. The van der Waals surface area contributed by atoms with Crippen molar-refractivity contribution in [1.29, 1.82) is 0 Å². The van der Waals surface area contributed by atoms with Gasteiger partial charge in [-0.05, 0) is 17.7 Å². The van der Waals surface area contributed by atoms with E-state index in [2.05, 4.69) is 45.3 Å². The first-order chi connectivity index (χ1) is 7.24. The molecule has 0 aliphatic carbocycles. The van der Waals surface area contributed by atoms with Gasteiger partial charge < -0.3 is 0 Å². The second kappa shape index (κ2) is 4.86. The average molecular weight is 283 g/mol. The van der Waals surface area contributed by atoms with Crippen LogP contribution in [0.5, 0.6) is 0 Å². The lowest BCUT2D eigenvalue weighted by Crippen LogP contribution is -1.84. The highest BCUT2D eigenvalue weighted by atomic mass is 79.9. The van der Waals surface area contributed by atoms with Gasteiger partial charge in [0.15, 0.2) is 0 Å². The molecule has 0 fully saturated rings. The van der Waals surface area contributed by atoms with E-state index in [1.807, 2.05) is 24.1 Å². The molecule has 1 aromatic heterocycles. The predicted octanol–water partition coefficient (Wildman–Crippen LogP) is 3.47. The van der Waals surface area contributed by atoms with Gasteiger partial charge in [0.25, 0.3) is 0 Å². The Morgan fingerprint density at radius 1 is 1.33 bits per heavy atom. The Labute approximate surface area is 102 Å². The van der Waals surface area contributed by atoms with Crippen LogP contribution in [-0.4, -0.2) is 9.78 Å². The predicted molar refractivity (Wildman–Crippen MR) is 66.9 cm³/mol. The molecule has 15 heavy (non-hydrogen) atoms. The van der Waals surface area contributed by atoms with Gasteiger partial charge in [0.2, 0.25) is 0 Å². The molecule has 2 nitrogen and oxygen atoms in total. The van der Waals surface area contributed by atoms with Gasteiger partial charge in [-0.1, -0.05) is 28.1 Å². The van der Waals surface area contributed by atoms with E-state index in [1.54, 1.807) is 11.8 Å². The third-order valence-corrected chi connectivity index (χ3v) is 3.55. The van der Waals surface area contributed by atoms with E-state index in [0.717, 1.165) is 10.2 Å². The van der Waals surface area contributed by atoms with Gasteiger partial charge >= 0.3 is 0 Å². The Morgan fingerprint density at radius 3 is 2.67 bits per heavy atom. The maximum absolute atomic E-state index is 4.13. The Morgan fingerprint density at radius 2 is 2.07 bits per heavy atom. The fourth-order valence-corrected chi connectivity index (χ4v) is 2.36. The van der Waals surface area contributed by atoms with Gasteiger partial charge in [-0.25, -0.2) is 0 Å². The number of hydrogen-bond donors (Lipinski definition) is 0. The van der Waals surface area contributed by atoms with Gasteiger partial charge in [-0.2, -0.15) is 5.10 Å². The van der Waals surface area contributed by atoms with Crippen LogP contribution in [0.4, 0.5) is 0 Å². The Hall–Kier alpha value is -0.740. The van der Waals surface area contributed by atoms with Crippen molar-refractivity contribution in [3.63, 3.8) is 0 Å². The molecule has 0 atom stereocenters. The molecule has 0 N–H and O–H groups in total. The van der Waals surface area contributed by atoms with E-state index in [-0.39, 0.29) is 0 Å². The van der Waals surface area contributed by atoms with Crippen LogP contribution in [0.3, 0.4) is 0 Å². The number of benzene rings is 1. The lowest BCUT2D eigenvalue weighted by molar-refractivity contribution is 0.766. The van der Waals surface area contributed by atoms with Crippen LogP contribution in [0.2, 0.25) is 0 Å². The van der Waals surface area contributed by atoms with Crippen molar-refractivity contribution < 1.29 is 0 Å². The van der Waals surface area contributed by atoms with Crippen LogP contribution >= 0.6 is 27.7 Å². The molecular formula is C11H11BrN2S. The van der Waals surface area contributed by atoms with Crippen LogP contribution < -0.4 is 0 Å². The molecule has 1 aromatic carbocycles. The SMILES string of the molecule is Cn1cc(SCc2ccc(Br)cc2)cn1. The monoisotopic (exact) mass is 282 g/mol. The first kappa shape index (κ1) is 10.8. The highest BCUT2D eigenvalue weighted by Gasteiger charge is 1.98. The summed E-state index contributed by atoms with van der Waals surface area (Å²) in [7, 11) is 1.93. The van der Waals surface area contributed by atoms with Crippen molar-refractivity contribution >= 4 is 27.7 Å². The van der Waals surface area contributed by atoms with Gasteiger partial charge in [-0.15, -0.1) is 11.8 Å². The van der Waals surface area contributed by atoms with Gasteiger partial charge in [-0.3, -0.25) is 4.68 Å². The molecule has 2 aromatic rings. The van der Waals surface area contributed by atoms with Crippen molar-refractivity contribution in [2.24, 2.45) is 7.05 Å². The molecule has 0 aliphatic heterocycles. The lowest BCUT2D eigenvalue weighted by atomic mass is 10.2. The van der Waals surface area contributed by atoms with Crippen molar-refractivity contribution in [3.05, 3.63) is 46.7 Å². The number of hydrogen-bond acceptors (Lipinski definition) is 2. The van der Waals surface area contributed by atoms with E-state index < -0.39 is 0 Å². The highest BCUT2D eigenvalue weighted by Crippen LogP contribution is 2.22. The van der Waals surface area contributed by atoms with Crippen molar-refractivity contribution in [2.45, 2.75) is 10.6 Å². The molecule has 0 aliphatic rings. The normalized spacial score (nSPS) is 10.5. The summed E-state index contributed by atoms with van der Waals surface area (Å²) < 4.78 is 2.95. The minimum Gasteiger partial charge on any atom is -0.275 e. The zero-order valence-electron chi connectivity index (χ0n) is 8.35. The zero-order chi connectivity index (χ0) is 10.7. The molecule has 0 saturated carbocycles. The summed E-state index contributed by atoms with van der Waals surface area (Å²) in [5, 5.41) is 4.13. The quantitative estimate of drug-likeness (QED) is 0.803. The summed E-state index contributed by atoms with van der Waals surface area (Å²) in [5.74, 6) is 0.985. The lowest BCUT2D eigenvalue weighted by Gasteiger charge is -1.99. The Kier molecular flexibility index (Phi) is 3.49. The molecule has 1 heterocycles. The Balaban J connectivity index is 1.96. The fourth-order valence-electron chi connectivity index (χ4n) is 1.22. The van der Waals surface area contributed by atoms with Gasteiger partial charge in [0.1, 0.15) is 0 Å². The summed E-state index contributed by atoms with van der Waals surface area (Å²) in [6, 6.07) is 8.40. The summed E-state index contributed by atoms with van der Waals surface area (Å²) in [6.45, 7) is 0. The molecule has 0 spiro atoms. The van der Waals surface area contributed by atoms with E-state index in [4.69, 9.17) is 0 Å². The molecular weight excluding hydrogens is 272 g/mol. The maximum Gasteiger partial charge on any atom is 0.0625 e. The molecule has 0 radical (unpaired) electrons. The van der Waals surface area contributed by atoms with E-state index in [0.29, 0.717) is 0 Å². The second-order valence-corrected chi connectivity index (χ2v) is 5.23. The van der Waals surface area contributed by atoms with E-state index in [1.165, 1.54) is 10.5 Å². The molecule has 0 unspecified atom stereocenters. The van der Waals surface area contributed by atoms with Gasteiger partial charge in [0, 0.05) is 28.4 Å². The molecule has 78 valence electrons. The van der Waals surface area contributed by atoms with E-state index >= 15 is 0 Å². The second-order valence-electron chi connectivity index (χ2n) is 3.26. The minimum atomic E-state index is 0.985. The average Bonchev–Trinajstić information content (AvgIpc) is 2.64. The third-order valence-electron chi connectivity index (χ3n) is 2.00. The number of aromatic nitrogens is 2. The smallest absolute Gasteiger partial charge is 0.0625 e. The van der Waals surface area contributed by atoms with Crippen LogP contribution in [0, 0.1) is 0 Å². The summed E-state index contributed by atoms with van der Waals surface area (Å²) in [6.07, 6.45) is 3.92. The Bertz CT molecular complexity index is 436. The molecule has 4 heteroatoms. The standard InChI is InChI=1S/C11H11BrN2S/c1-14-7-11(6-13-14)15-8-9-2-4-10(12)5-3-9/h2-7H,8H2,1H3. The summed E-state index contributed by atoms with van der Waals surface area (Å²) in [4.78, 5) is 1.21. The topological polar surface area (TPSA) is 17.8 Å². The van der Waals surface area contributed by atoms with E-state index in [9.17, 15) is 0 Å². The van der Waals surface area contributed by atoms with Gasteiger partial charge in [0.05, 0.1) is 6.20 Å². The molecule has 2 rings (SSSR count). The number of thioether (sulfide) groups is 1. The number of rotatable bonds is 3. The number of nitrogens with zero attached hydrogens (tertiary/aromatic N) is 2. The maximum atomic E-state index is 4.13. The summed E-state index contributed by atoms with van der Waals surface area (Å²) in [5.41, 5.74) is 1.33. The molecule has 0 saturated heterocycles. The first-order valence-electron chi connectivity index (χ1n) is 4.60. The molecule has 0 amide bonds. The van der Waals surface area contributed by atoms with Crippen LogP contribution in [0.25, 0.3) is 0 Å². The van der Waals surface area contributed by atoms with Crippen LogP contribution in [0.1, 0.15) is 5.56 Å². The van der Waals surface area contributed by atoms with Crippen molar-refractivity contribution in [1.82, 2.24) is 9.78 Å².